The Morgan fingerprint density at radius 2 is 1.53 bits per heavy atom. The Labute approximate surface area is 295 Å². The largest absolute Gasteiger partial charge is 0.496 e. The maximum atomic E-state index is 14.2. The molecule has 0 atom stereocenters. The van der Waals surface area contributed by atoms with Crippen LogP contribution < -0.4 is 20.7 Å². The average molecular weight is 701 g/mol. The summed E-state index contributed by atoms with van der Waals surface area (Å²) in [4.78, 5) is 31.7. The Morgan fingerprint density at radius 3 is 2.06 bits per heavy atom. The van der Waals surface area contributed by atoms with Crippen LogP contribution in [0.2, 0.25) is 15.3 Å². The van der Waals surface area contributed by atoms with Crippen molar-refractivity contribution in [3.8, 4) is 28.2 Å². The van der Waals surface area contributed by atoms with Crippen LogP contribution in [0.15, 0.2) is 52.9 Å². The number of fused-ring (bicyclic) bond motifs is 2. The molecular weight excluding hydrogens is 670 g/mol. The molecule has 4 aromatic rings. The van der Waals surface area contributed by atoms with Gasteiger partial charge < -0.3 is 25.1 Å². The van der Waals surface area contributed by atoms with E-state index in [0.29, 0.717) is 0 Å². The minimum Gasteiger partial charge on any atom is -0.496 e. The fraction of sp³-hybridized carbons (Fsp3) is 0.300. The van der Waals surface area contributed by atoms with Crippen molar-refractivity contribution in [3.05, 3.63) is 65.5 Å². The Bertz CT molecular complexity index is 2040. The number of carbonyl (C=O) groups excluding carboxylic acids is 2. The van der Waals surface area contributed by atoms with E-state index >= 15 is 0 Å². The SMILES string of the molecule is BC1(B)BC2(B)BC(B)(B)C12NC(=O)c1cc(-c2cc3c(C(=O)NC)c(-c4ccc(F)cc4)oc3nc2NCC(F)(F)C(F)(F)F)ccc1OC. The van der Waals surface area contributed by atoms with Crippen LogP contribution >= 0.6 is 0 Å². The van der Waals surface area contributed by atoms with E-state index in [4.69, 9.17) is 9.15 Å². The molecule has 2 saturated heterocycles. The van der Waals surface area contributed by atoms with Crippen molar-refractivity contribution in [1.29, 1.82) is 0 Å². The number of alkyl halides is 5. The minimum atomic E-state index is -5.86. The number of ether oxygens (including phenoxy) is 1. The van der Waals surface area contributed by atoms with Gasteiger partial charge >= 0.3 is 12.1 Å². The van der Waals surface area contributed by atoms with Gasteiger partial charge in [-0.1, -0.05) is 21.4 Å². The van der Waals surface area contributed by atoms with Gasteiger partial charge in [0.1, 0.15) is 37.7 Å². The number of carbonyl (C=O) groups is 2. The lowest BCUT2D eigenvalue weighted by Crippen LogP contribution is -2.91. The predicted octanol–water partition coefficient (Wildman–Crippen LogP) is 0.0340. The first-order valence-electron chi connectivity index (χ1n) is 16.3. The zero-order chi connectivity index (χ0) is 37.5. The fourth-order valence-electron chi connectivity index (χ4n) is 9.49. The van der Waals surface area contributed by atoms with Crippen molar-refractivity contribution in [3.63, 3.8) is 0 Å². The number of nitrogens with one attached hydrogen (secondary N) is 3. The number of nitrogens with zero attached hydrogens (tertiary/aromatic N) is 1. The number of aromatic nitrogens is 1. The topological polar surface area (TPSA) is 105 Å². The Balaban J connectivity index is 1.52. The maximum absolute atomic E-state index is 14.2. The van der Waals surface area contributed by atoms with Crippen molar-refractivity contribution >= 4 is 82.5 Å². The number of methoxy groups -OCH3 is 1. The summed E-state index contributed by atoms with van der Waals surface area (Å²) in [7, 11) is 15.1. The highest BCUT2D eigenvalue weighted by atomic mass is 19.4. The molecule has 0 spiro atoms. The van der Waals surface area contributed by atoms with Crippen molar-refractivity contribution in [2.45, 2.75) is 33.0 Å². The van der Waals surface area contributed by atoms with Gasteiger partial charge in [0.2, 0.25) is 5.71 Å². The van der Waals surface area contributed by atoms with E-state index in [1.54, 1.807) is 0 Å². The first-order chi connectivity index (χ1) is 23.6. The van der Waals surface area contributed by atoms with Gasteiger partial charge in [0.15, 0.2) is 0 Å². The van der Waals surface area contributed by atoms with Gasteiger partial charge in [-0.3, -0.25) is 9.59 Å². The Morgan fingerprint density at radius 1 is 0.922 bits per heavy atom. The number of furan rings is 1. The summed E-state index contributed by atoms with van der Waals surface area (Å²) in [6, 6.07) is 10.8. The summed E-state index contributed by atoms with van der Waals surface area (Å²) in [5, 5.41) is 7.41. The van der Waals surface area contributed by atoms with E-state index in [9.17, 15) is 35.9 Å². The third-order valence-electron chi connectivity index (χ3n) is 10.8. The molecule has 0 unspecified atom stereocenters. The molecule has 51 heavy (non-hydrogen) atoms. The molecule has 2 aliphatic rings. The average Bonchev–Trinajstić information content (AvgIpc) is 3.42. The van der Waals surface area contributed by atoms with Gasteiger partial charge in [-0.15, -0.1) is 0 Å². The molecule has 2 aliphatic heterocycles. The van der Waals surface area contributed by atoms with Crippen LogP contribution in [0.4, 0.5) is 32.2 Å². The number of pyridine rings is 1. The van der Waals surface area contributed by atoms with Crippen molar-refractivity contribution < 1.29 is 45.1 Å². The zero-order valence-electron chi connectivity index (χ0n) is 29.1. The van der Waals surface area contributed by atoms with E-state index in [0.717, 1.165) is 26.7 Å². The van der Waals surface area contributed by atoms with Gasteiger partial charge in [0.25, 0.3) is 11.8 Å². The maximum Gasteiger partial charge on any atom is 0.455 e. The zero-order valence-corrected chi connectivity index (χ0v) is 29.1. The summed E-state index contributed by atoms with van der Waals surface area (Å²) in [5.74, 6) is -7.06. The standard InChI is InChI=1S/C30H31B7F6N4O4/c1-44-23(49)19-17-10-15(21(45-11-25(39,40)30(41,42)43)46-24(17)51-20(19)12-3-6-14(38)7-4-12)13-5-8-18(50-2)16(9-13)22(48)47-26-27(31,32)36-29(26,35)37-28(26,33)34/h3-10,36-37H,11,31-35H2,1-2H3,(H,44,49)(H,45,46)(H,47,48). The smallest absolute Gasteiger partial charge is 0.455 e. The van der Waals surface area contributed by atoms with Gasteiger partial charge in [0.05, 0.1) is 69.4 Å². The Hall–Kier alpha value is -4.30. The highest BCUT2D eigenvalue weighted by Gasteiger charge is 2.79. The third kappa shape index (κ3) is 5.52. The fourth-order valence-corrected chi connectivity index (χ4v) is 9.49. The number of halogens is 6. The molecule has 258 valence electrons. The summed E-state index contributed by atoms with van der Waals surface area (Å²) in [5.41, 5.74) is -0.304. The summed E-state index contributed by atoms with van der Waals surface area (Å²) in [6.07, 6.45) is -5.86. The molecule has 0 bridgehead atoms. The highest BCUT2D eigenvalue weighted by molar-refractivity contribution is 7.00. The lowest BCUT2D eigenvalue weighted by molar-refractivity contribution is -0.275. The van der Waals surface area contributed by atoms with E-state index in [1.807, 2.05) is 0 Å². The molecule has 6 rings (SSSR count). The van der Waals surface area contributed by atoms with E-state index < -0.39 is 47.6 Å². The van der Waals surface area contributed by atoms with Crippen molar-refractivity contribution in [2.24, 2.45) is 0 Å². The summed E-state index contributed by atoms with van der Waals surface area (Å²) in [6.45, 7) is -1.87. The highest BCUT2D eigenvalue weighted by Crippen LogP contribution is 2.76. The van der Waals surface area contributed by atoms with Crippen molar-refractivity contribution in [2.75, 3.05) is 26.0 Å². The normalized spacial score (nSPS) is 21.6. The predicted molar refractivity (Wildman–Crippen MR) is 200 cm³/mol. The molecule has 4 heterocycles. The van der Waals surface area contributed by atoms with Gasteiger partial charge in [-0.25, -0.2) is 4.39 Å². The van der Waals surface area contributed by atoms with Gasteiger partial charge in [-0.2, -0.15) is 26.9 Å². The quantitative estimate of drug-likeness (QED) is 0.168. The van der Waals surface area contributed by atoms with Crippen LogP contribution in [-0.2, 0) is 0 Å². The van der Waals surface area contributed by atoms with Crippen LogP contribution in [0.25, 0.3) is 33.6 Å². The number of amides is 2. The molecule has 0 saturated carbocycles. The second kappa shape index (κ2) is 11.9. The monoisotopic (exact) mass is 702 g/mol. The van der Waals surface area contributed by atoms with E-state index in [-0.39, 0.29) is 65.8 Å². The molecule has 3 N–H and O–H groups in total. The number of anilines is 1. The minimum absolute atomic E-state index is 0.00950. The molecule has 2 aromatic carbocycles. The van der Waals surface area contributed by atoms with Gasteiger partial charge in [0, 0.05) is 18.2 Å². The van der Waals surface area contributed by atoms with Crippen LogP contribution in [0.3, 0.4) is 0 Å². The second-order valence-corrected chi connectivity index (χ2v) is 15.0. The number of hydrogen-bond donors (Lipinski definition) is 3. The molecular formula is C30H31B7F6N4O4. The molecule has 0 aliphatic carbocycles. The Kier molecular flexibility index (Phi) is 8.50. The third-order valence-corrected chi connectivity index (χ3v) is 10.8. The lowest BCUT2D eigenvalue weighted by atomic mass is 8.82. The first kappa shape index (κ1) is 36.5. The first-order valence-corrected chi connectivity index (χ1v) is 16.3. The number of rotatable bonds is 9. The van der Waals surface area contributed by atoms with Gasteiger partial charge in [-0.05, 0) is 53.6 Å². The molecule has 0 radical (unpaired) electrons. The van der Waals surface area contributed by atoms with E-state index in [2.05, 4.69) is 60.2 Å². The van der Waals surface area contributed by atoms with Crippen molar-refractivity contribution in [1.82, 2.24) is 15.6 Å². The summed E-state index contributed by atoms with van der Waals surface area (Å²) >= 11 is 0. The van der Waals surface area contributed by atoms with Crippen LogP contribution in [-0.4, -0.2) is 109 Å². The summed E-state index contributed by atoms with van der Waals surface area (Å²) < 4.78 is 93.2. The van der Waals surface area contributed by atoms with Crippen LogP contribution in [0.5, 0.6) is 5.75 Å². The molecule has 2 fully saturated rings. The molecule has 2 aromatic heterocycles. The molecule has 2 amide bonds. The van der Waals surface area contributed by atoms with E-state index in [1.165, 1.54) is 50.6 Å². The number of hydrogen-bond acceptors (Lipinski definition) is 6. The molecule has 21 heteroatoms. The number of benzene rings is 2. The van der Waals surface area contributed by atoms with Crippen LogP contribution in [0, 0.1) is 5.82 Å². The second-order valence-electron chi connectivity index (χ2n) is 15.0. The molecule has 8 nitrogen and oxygen atoms in total. The van der Waals surface area contributed by atoms with Crippen LogP contribution in [0.1, 0.15) is 20.7 Å². The lowest BCUT2D eigenvalue weighted by Gasteiger charge is -2.84.